The lowest BCUT2D eigenvalue weighted by molar-refractivity contribution is 0.112. The number of pyridine rings is 2. The SMILES string of the molecule is Clc1cnc(Cl)c(Cl)c1.O=Cc1c(Cl)cnc(Cl)c1Cl. The van der Waals surface area contributed by atoms with Crippen molar-refractivity contribution in [2.45, 2.75) is 0 Å². The summed E-state index contributed by atoms with van der Waals surface area (Å²) in [7, 11) is 0. The van der Waals surface area contributed by atoms with E-state index in [0.717, 1.165) is 0 Å². The number of carbonyl (C=O) groups excluding carboxylic acids is 1. The number of hydrogen-bond donors (Lipinski definition) is 0. The smallest absolute Gasteiger partial charge is 0.153 e. The number of halogens is 6. The quantitative estimate of drug-likeness (QED) is 0.448. The van der Waals surface area contributed by atoms with Crippen molar-refractivity contribution in [1.82, 2.24) is 9.97 Å². The monoisotopic (exact) mass is 390 g/mol. The Morgan fingerprint density at radius 1 is 0.850 bits per heavy atom. The first kappa shape index (κ1) is 17.8. The predicted molar refractivity (Wildman–Crippen MR) is 83.9 cm³/mol. The molecule has 0 atom stereocenters. The van der Waals surface area contributed by atoms with Crippen molar-refractivity contribution in [2.75, 3.05) is 0 Å². The summed E-state index contributed by atoms with van der Waals surface area (Å²) in [5, 5.41) is 1.52. The van der Waals surface area contributed by atoms with Crippen molar-refractivity contribution in [1.29, 1.82) is 0 Å². The van der Waals surface area contributed by atoms with E-state index in [1.807, 2.05) is 0 Å². The lowest BCUT2D eigenvalue weighted by Crippen LogP contribution is -1.87. The number of nitrogens with zero attached hydrogens (tertiary/aromatic N) is 2. The summed E-state index contributed by atoms with van der Waals surface area (Å²) in [6, 6.07) is 1.54. The number of rotatable bonds is 1. The topological polar surface area (TPSA) is 42.9 Å². The molecule has 0 N–H and O–H groups in total. The van der Waals surface area contributed by atoms with Crippen LogP contribution in [0.2, 0.25) is 30.4 Å². The molecule has 0 saturated heterocycles. The highest BCUT2D eigenvalue weighted by atomic mass is 35.5. The van der Waals surface area contributed by atoms with Crippen LogP contribution >= 0.6 is 69.6 Å². The molecule has 0 saturated carbocycles. The normalized spacial score (nSPS) is 9.70. The van der Waals surface area contributed by atoms with E-state index < -0.39 is 0 Å². The molecule has 0 aromatic carbocycles. The maximum Gasteiger partial charge on any atom is 0.153 e. The van der Waals surface area contributed by atoms with E-state index in [1.54, 1.807) is 6.07 Å². The molecule has 0 aliphatic rings. The fraction of sp³-hybridized carbons (Fsp3) is 0. The molecule has 9 heteroatoms. The van der Waals surface area contributed by atoms with E-state index >= 15 is 0 Å². The molecular formula is C11H4Cl6N2O. The highest BCUT2D eigenvalue weighted by Crippen LogP contribution is 2.27. The third kappa shape index (κ3) is 4.92. The van der Waals surface area contributed by atoms with Gasteiger partial charge in [-0.15, -0.1) is 0 Å². The fourth-order valence-electron chi connectivity index (χ4n) is 0.961. The average molecular weight is 393 g/mol. The molecule has 0 bridgehead atoms. The molecule has 0 aliphatic heterocycles. The molecular weight excluding hydrogens is 389 g/mol. The summed E-state index contributed by atoms with van der Waals surface area (Å²) in [4.78, 5) is 17.7. The van der Waals surface area contributed by atoms with Crippen LogP contribution in [0.15, 0.2) is 18.5 Å². The second-order valence-corrected chi connectivity index (χ2v) is 5.51. The first-order chi connectivity index (χ1) is 9.36. The number of aromatic nitrogens is 2. The molecule has 0 fully saturated rings. The summed E-state index contributed by atoms with van der Waals surface area (Å²) in [5.41, 5.74) is 0.174. The van der Waals surface area contributed by atoms with Crippen LogP contribution in [-0.2, 0) is 0 Å². The van der Waals surface area contributed by atoms with Gasteiger partial charge < -0.3 is 0 Å². The van der Waals surface area contributed by atoms with E-state index in [9.17, 15) is 4.79 Å². The molecule has 106 valence electrons. The van der Waals surface area contributed by atoms with E-state index in [-0.39, 0.29) is 25.9 Å². The summed E-state index contributed by atoms with van der Waals surface area (Å²) in [6.45, 7) is 0. The summed E-state index contributed by atoms with van der Waals surface area (Å²) >= 11 is 33.2. The summed E-state index contributed by atoms with van der Waals surface area (Å²) < 4.78 is 0. The maximum absolute atomic E-state index is 10.3. The summed E-state index contributed by atoms with van der Waals surface area (Å²) in [5.74, 6) is 0. The van der Waals surface area contributed by atoms with Crippen molar-refractivity contribution in [2.24, 2.45) is 0 Å². The van der Waals surface area contributed by atoms with Gasteiger partial charge in [-0.25, -0.2) is 9.97 Å². The molecule has 0 unspecified atom stereocenters. The molecule has 2 aromatic rings. The fourth-order valence-corrected chi connectivity index (χ4v) is 2.03. The minimum absolute atomic E-state index is 0.0816. The number of aldehydes is 1. The van der Waals surface area contributed by atoms with Gasteiger partial charge in [-0.2, -0.15) is 0 Å². The number of carbonyl (C=O) groups is 1. The summed E-state index contributed by atoms with van der Waals surface area (Å²) in [6.07, 6.45) is 3.26. The van der Waals surface area contributed by atoms with Crippen molar-refractivity contribution in [3.8, 4) is 0 Å². The van der Waals surface area contributed by atoms with Crippen molar-refractivity contribution in [3.05, 3.63) is 54.4 Å². The Labute approximate surface area is 144 Å². The molecule has 2 rings (SSSR count). The Morgan fingerprint density at radius 2 is 1.45 bits per heavy atom. The van der Waals surface area contributed by atoms with Gasteiger partial charge in [0, 0.05) is 12.4 Å². The molecule has 0 radical (unpaired) electrons. The third-order valence-corrected chi connectivity index (χ3v) is 3.81. The van der Waals surface area contributed by atoms with Crippen LogP contribution in [0.3, 0.4) is 0 Å². The zero-order valence-corrected chi connectivity index (χ0v) is 13.9. The number of hydrogen-bond acceptors (Lipinski definition) is 3. The lowest BCUT2D eigenvalue weighted by Gasteiger charge is -1.98. The van der Waals surface area contributed by atoms with Crippen LogP contribution < -0.4 is 0 Å². The molecule has 0 spiro atoms. The standard InChI is InChI=1S/C6H2Cl3NO.C5H2Cl3N/c7-4-1-10-6(9)5(8)3(4)2-11;6-3-1-4(7)5(8)9-2-3/h1-2H;1-2H. The first-order valence-corrected chi connectivity index (χ1v) is 7.04. The van der Waals surface area contributed by atoms with Gasteiger partial charge in [0.1, 0.15) is 10.3 Å². The van der Waals surface area contributed by atoms with Gasteiger partial charge in [0.25, 0.3) is 0 Å². The molecule has 0 aliphatic carbocycles. The van der Waals surface area contributed by atoms with Crippen LogP contribution in [0.4, 0.5) is 0 Å². The average Bonchev–Trinajstić information content (AvgIpc) is 2.40. The lowest BCUT2D eigenvalue weighted by atomic mass is 10.3. The molecule has 2 heterocycles. The largest absolute Gasteiger partial charge is 0.298 e. The van der Waals surface area contributed by atoms with Gasteiger partial charge in [-0.3, -0.25) is 4.79 Å². The van der Waals surface area contributed by atoms with Crippen molar-refractivity contribution in [3.63, 3.8) is 0 Å². The van der Waals surface area contributed by atoms with Gasteiger partial charge >= 0.3 is 0 Å². The maximum atomic E-state index is 10.3. The van der Waals surface area contributed by atoms with Crippen LogP contribution in [0.25, 0.3) is 0 Å². The van der Waals surface area contributed by atoms with E-state index in [0.29, 0.717) is 16.3 Å². The Bertz CT molecular complexity index is 635. The Hall–Kier alpha value is -0.290. The highest BCUT2D eigenvalue weighted by Gasteiger charge is 2.08. The van der Waals surface area contributed by atoms with Gasteiger partial charge in [0.2, 0.25) is 0 Å². The zero-order valence-electron chi connectivity index (χ0n) is 9.38. The zero-order chi connectivity index (χ0) is 15.3. The Balaban J connectivity index is 0.000000204. The van der Waals surface area contributed by atoms with Gasteiger partial charge in [-0.05, 0) is 6.07 Å². The highest BCUT2D eigenvalue weighted by molar-refractivity contribution is 6.44. The third-order valence-electron chi connectivity index (χ3n) is 1.85. The van der Waals surface area contributed by atoms with Crippen LogP contribution in [0.1, 0.15) is 10.4 Å². The van der Waals surface area contributed by atoms with Crippen molar-refractivity contribution >= 4 is 75.9 Å². The van der Waals surface area contributed by atoms with Crippen LogP contribution in [0, 0.1) is 0 Å². The Morgan fingerprint density at radius 3 is 1.90 bits per heavy atom. The van der Waals surface area contributed by atoms with Crippen LogP contribution in [-0.4, -0.2) is 16.3 Å². The van der Waals surface area contributed by atoms with Crippen LogP contribution in [0.5, 0.6) is 0 Å². The molecule has 20 heavy (non-hydrogen) atoms. The Kier molecular flexibility index (Phi) is 7.30. The molecule has 0 amide bonds. The first-order valence-electron chi connectivity index (χ1n) is 4.78. The van der Waals surface area contributed by atoms with Gasteiger partial charge in [-0.1, -0.05) is 69.6 Å². The van der Waals surface area contributed by atoms with E-state index in [1.165, 1.54) is 12.4 Å². The van der Waals surface area contributed by atoms with E-state index in [4.69, 9.17) is 69.6 Å². The molecule has 3 nitrogen and oxygen atoms in total. The predicted octanol–water partition coefficient (Wildman–Crippen LogP) is 5.90. The van der Waals surface area contributed by atoms with Crippen molar-refractivity contribution < 1.29 is 4.79 Å². The van der Waals surface area contributed by atoms with E-state index in [2.05, 4.69) is 9.97 Å². The van der Waals surface area contributed by atoms with Gasteiger partial charge in [0.15, 0.2) is 6.29 Å². The molecule has 2 aromatic heterocycles. The minimum Gasteiger partial charge on any atom is -0.298 e. The minimum atomic E-state index is 0.0816. The second-order valence-electron chi connectivity index (χ2n) is 3.17. The second kappa shape index (κ2) is 8.23. The van der Waals surface area contributed by atoms with Gasteiger partial charge in [0.05, 0.1) is 25.7 Å².